The predicted molar refractivity (Wildman–Crippen MR) is 100 cm³/mol. The number of alkyl halides is 3. The topological polar surface area (TPSA) is 83.4 Å². The predicted octanol–water partition coefficient (Wildman–Crippen LogP) is 1.17. The molecular formula is C17H18ClF3N6O2. The van der Waals surface area contributed by atoms with E-state index < -0.39 is 17.3 Å². The van der Waals surface area contributed by atoms with Gasteiger partial charge in [-0.15, -0.1) is 0 Å². The third-order valence-corrected chi connectivity index (χ3v) is 4.91. The second kappa shape index (κ2) is 8.37. The molecule has 0 unspecified atom stereocenters. The molecule has 3 heterocycles. The van der Waals surface area contributed by atoms with E-state index in [1.165, 1.54) is 6.20 Å². The lowest BCUT2D eigenvalue weighted by Crippen LogP contribution is -2.49. The number of amides is 1. The molecule has 0 atom stereocenters. The fraction of sp³-hybridized carbons (Fsp3) is 0.412. The van der Waals surface area contributed by atoms with Gasteiger partial charge in [0.25, 0.3) is 5.56 Å². The van der Waals surface area contributed by atoms with Crippen molar-refractivity contribution in [2.75, 3.05) is 44.7 Å². The van der Waals surface area contributed by atoms with Crippen LogP contribution >= 0.6 is 11.6 Å². The van der Waals surface area contributed by atoms with Crippen LogP contribution in [0.2, 0.25) is 5.02 Å². The van der Waals surface area contributed by atoms with E-state index >= 15 is 0 Å². The zero-order valence-electron chi connectivity index (χ0n) is 15.4. The third-order valence-electron chi connectivity index (χ3n) is 4.55. The Labute approximate surface area is 168 Å². The summed E-state index contributed by atoms with van der Waals surface area (Å²) in [6, 6.07) is 1.88. The summed E-state index contributed by atoms with van der Waals surface area (Å²) < 4.78 is 38.9. The number of carbonyl (C=O) groups excluding carboxylic acids is 1. The zero-order valence-corrected chi connectivity index (χ0v) is 16.2. The maximum Gasteiger partial charge on any atom is 0.417 e. The fourth-order valence-corrected chi connectivity index (χ4v) is 3.16. The molecule has 156 valence electrons. The first-order chi connectivity index (χ1) is 13.7. The molecule has 0 aromatic carbocycles. The monoisotopic (exact) mass is 430 g/mol. The van der Waals surface area contributed by atoms with Crippen molar-refractivity contribution in [1.82, 2.24) is 25.0 Å². The molecular weight excluding hydrogens is 413 g/mol. The molecule has 29 heavy (non-hydrogen) atoms. The van der Waals surface area contributed by atoms with Crippen LogP contribution in [0.4, 0.5) is 18.9 Å². The fourth-order valence-electron chi connectivity index (χ4n) is 2.92. The minimum atomic E-state index is -4.52. The Hall–Kier alpha value is -2.66. The first-order valence-corrected chi connectivity index (χ1v) is 9.08. The van der Waals surface area contributed by atoms with Crippen LogP contribution in [0.1, 0.15) is 5.56 Å². The highest BCUT2D eigenvalue weighted by Gasteiger charge is 2.31. The normalized spacial score (nSPS) is 15.4. The number of carbonyl (C=O) groups is 1. The smallest absolute Gasteiger partial charge is 0.366 e. The number of rotatable bonds is 4. The van der Waals surface area contributed by atoms with Crippen LogP contribution in [0.3, 0.4) is 0 Å². The summed E-state index contributed by atoms with van der Waals surface area (Å²) in [5, 5.41) is 6.49. The van der Waals surface area contributed by atoms with Crippen molar-refractivity contribution in [1.29, 1.82) is 0 Å². The number of halogens is 4. The maximum absolute atomic E-state index is 12.7. The van der Waals surface area contributed by atoms with Crippen LogP contribution in [-0.2, 0) is 11.0 Å². The lowest BCUT2D eigenvalue weighted by atomic mass is 10.2. The standard InChI is InChI=1S/C17H18ClF3N6O2/c1-22-14(28)10-25-4-6-26(7-5-25)12-9-24-27(16(29)15(12)18)13-3-2-11(8-23-13)17(19,20)21/h2-3,8-9H,4-7,10H2,1H3,(H,22,28). The largest absolute Gasteiger partial charge is 0.417 e. The first-order valence-electron chi connectivity index (χ1n) is 8.70. The summed E-state index contributed by atoms with van der Waals surface area (Å²) in [6.07, 6.45) is -2.50. The average molecular weight is 431 g/mol. The van der Waals surface area contributed by atoms with Crippen LogP contribution in [0.25, 0.3) is 5.82 Å². The van der Waals surface area contributed by atoms with Crippen LogP contribution in [0, 0.1) is 0 Å². The van der Waals surface area contributed by atoms with E-state index in [-0.39, 0.29) is 23.3 Å². The van der Waals surface area contributed by atoms with E-state index in [2.05, 4.69) is 15.4 Å². The van der Waals surface area contributed by atoms with E-state index in [1.54, 1.807) is 7.05 Å². The number of hydrogen-bond donors (Lipinski definition) is 1. The molecule has 1 saturated heterocycles. The van der Waals surface area contributed by atoms with Crippen molar-refractivity contribution in [3.05, 3.63) is 45.5 Å². The van der Waals surface area contributed by atoms with Gasteiger partial charge in [0.2, 0.25) is 5.91 Å². The number of hydrogen-bond acceptors (Lipinski definition) is 6. The minimum absolute atomic E-state index is 0.0631. The molecule has 1 aliphatic rings. The van der Waals surface area contributed by atoms with Gasteiger partial charge in [0.1, 0.15) is 5.02 Å². The molecule has 12 heteroatoms. The minimum Gasteiger partial charge on any atom is -0.366 e. The Balaban J connectivity index is 1.77. The Kier molecular flexibility index (Phi) is 6.08. The Morgan fingerprint density at radius 3 is 2.45 bits per heavy atom. The lowest BCUT2D eigenvalue weighted by Gasteiger charge is -2.35. The number of pyridine rings is 1. The van der Waals surface area contributed by atoms with Gasteiger partial charge < -0.3 is 10.2 Å². The lowest BCUT2D eigenvalue weighted by molar-refractivity contribution is -0.137. The van der Waals surface area contributed by atoms with Gasteiger partial charge in [0, 0.05) is 39.4 Å². The van der Waals surface area contributed by atoms with Gasteiger partial charge in [-0.3, -0.25) is 14.5 Å². The van der Waals surface area contributed by atoms with Crippen molar-refractivity contribution < 1.29 is 18.0 Å². The Morgan fingerprint density at radius 1 is 1.21 bits per heavy atom. The number of nitrogens with zero attached hydrogens (tertiary/aromatic N) is 5. The van der Waals surface area contributed by atoms with Crippen molar-refractivity contribution >= 4 is 23.2 Å². The molecule has 1 aliphatic heterocycles. The molecule has 0 bridgehead atoms. The summed E-state index contributed by atoms with van der Waals surface area (Å²) in [7, 11) is 1.57. The summed E-state index contributed by atoms with van der Waals surface area (Å²) in [4.78, 5) is 31.6. The van der Waals surface area contributed by atoms with Crippen LogP contribution in [0.5, 0.6) is 0 Å². The first kappa shape index (κ1) is 21.1. The summed E-state index contributed by atoms with van der Waals surface area (Å²) in [5.41, 5.74) is -1.17. The van der Waals surface area contributed by atoms with E-state index in [1.807, 2.05) is 9.80 Å². The van der Waals surface area contributed by atoms with Crippen LogP contribution in [0.15, 0.2) is 29.3 Å². The number of piperazine rings is 1. The molecule has 8 nitrogen and oxygen atoms in total. The molecule has 3 rings (SSSR count). The molecule has 2 aromatic heterocycles. The molecule has 2 aromatic rings. The van der Waals surface area contributed by atoms with Crippen molar-refractivity contribution in [2.24, 2.45) is 0 Å². The van der Waals surface area contributed by atoms with Gasteiger partial charge in [-0.05, 0) is 12.1 Å². The van der Waals surface area contributed by atoms with Crippen molar-refractivity contribution in [3.63, 3.8) is 0 Å². The number of likely N-dealkylation sites (N-methyl/N-ethyl adjacent to an activating group) is 1. The quantitative estimate of drug-likeness (QED) is 0.784. The molecule has 0 spiro atoms. The van der Waals surface area contributed by atoms with E-state index in [0.717, 1.165) is 16.8 Å². The molecule has 1 fully saturated rings. The van der Waals surface area contributed by atoms with Gasteiger partial charge in [-0.1, -0.05) is 11.6 Å². The Morgan fingerprint density at radius 2 is 1.90 bits per heavy atom. The van der Waals surface area contributed by atoms with Crippen LogP contribution in [-0.4, -0.2) is 65.3 Å². The van der Waals surface area contributed by atoms with Gasteiger partial charge in [0.15, 0.2) is 5.82 Å². The summed E-state index contributed by atoms with van der Waals surface area (Å²) in [6.45, 7) is 2.58. The Bertz CT molecular complexity index is 940. The summed E-state index contributed by atoms with van der Waals surface area (Å²) >= 11 is 6.23. The average Bonchev–Trinajstić information content (AvgIpc) is 2.70. The summed E-state index contributed by atoms with van der Waals surface area (Å²) in [5.74, 6) is -0.142. The van der Waals surface area contributed by atoms with Gasteiger partial charge in [-0.2, -0.15) is 23.0 Å². The third kappa shape index (κ3) is 4.67. The molecule has 0 radical (unpaired) electrons. The molecule has 1 amide bonds. The second-order valence-electron chi connectivity index (χ2n) is 6.40. The highest BCUT2D eigenvalue weighted by Crippen LogP contribution is 2.29. The number of aromatic nitrogens is 3. The van der Waals surface area contributed by atoms with Gasteiger partial charge in [-0.25, -0.2) is 4.98 Å². The van der Waals surface area contributed by atoms with Gasteiger partial charge in [0.05, 0.1) is 24.0 Å². The van der Waals surface area contributed by atoms with Crippen molar-refractivity contribution in [2.45, 2.75) is 6.18 Å². The molecule has 0 saturated carbocycles. The second-order valence-corrected chi connectivity index (χ2v) is 6.78. The number of nitrogens with one attached hydrogen (secondary N) is 1. The van der Waals surface area contributed by atoms with E-state index in [4.69, 9.17) is 11.6 Å². The van der Waals surface area contributed by atoms with E-state index in [9.17, 15) is 22.8 Å². The SMILES string of the molecule is CNC(=O)CN1CCN(c2cnn(-c3ccc(C(F)(F)F)cn3)c(=O)c2Cl)CC1. The maximum atomic E-state index is 12.7. The highest BCUT2D eigenvalue weighted by atomic mass is 35.5. The highest BCUT2D eigenvalue weighted by molar-refractivity contribution is 6.33. The number of anilines is 1. The van der Waals surface area contributed by atoms with E-state index in [0.29, 0.717) is 38.1 Å². The van der Waals surface area contributed by atoms with Crippen LogP contribution < -0.4 is 15.8 Å². The zero-order chi connectivity index (χ0) is 21.2. The molecule has 0 aliphatic carbocycles. The molecule has 1 N–H and O–H groups in total. The van der Waals surface area contributed by atoms with Crippen molar-refractivity contribution in [3.8, 4) is 5.82 Å². The van der Waals surface area contributed by atoms with Gasteiger partial charge >= 0.3 is 6.18 Å².